The summed E-state index contributed by atoms with van der Waals surface area (Å²) in [5.74, 6) is 0.609. The van der Waals surface area contributed by atoms with Gasteiger partial charge < -0.3 is 5.32 Å². The molecule has 0 saturated carbocycles. The predicted octanol–water partition coefficient (Wildman–Crippen LogP) is 3.55. The van der Waals surface area contributed by atoms with E-state index in [2.05, 4.69) is 56.1 Å². The van der Waals surface area contributed by atoms with Crippen molar-refractivity contribution in [2.45, 2.75) is 26.3 Å². The summed E-state index contributed by atoms with van der Waals surface area (Å²) in [4.78, 5) is 0. The molecule has 15 heavy (non-hydrogen) atoms. The van der Waals surface area contributed by atoms with E-state index in [1.165, 1.54) is 5.56 Å². The highest BCUT2D eigenvalue weighted by Gasteiger charge is 2.13. The molecule has 1 aromatic rings. The lowest BCUT2D eigenvalue weighted by molar-refractivity contribution is 0.416. The summed E-state index contributed by atoms with van der Waals surface area (Å²) >= 11 is 0. The van der Waals surface area contributed by atoms with Crippen LogP contribution in [0.2, 0.25) is 0 Å². The molecule has 0 heterocycles. The molecule has 0 spiro atoms. The van der Waals surface area contributed by atoms with Gasteiger partial charge in [0.2, 0.25) is 0 Å². The Morgan fingerprint density at radius 3 is 2.47 bits per heavy atom. The summed E-state index contributed by atoms with van der Waals surface area (Å²) in [6.07, 6.45) is 2.98. The van der Waals surface area contributed by atoms with Gasteiger partial charge in [-0.3, -0.25) is 0 Å². The van der Waals surface area contributed by atoms with Crippen LogP contribution in [0.3, 0.4) is 0 Å². The second kappa shape index (κ2) is 6.41. The van der Waals surface area contributed by atoms with Crippen LogP contribution in [0, 0.1) is 5.92 Å². The van der Waals surface area contributed by atoms with Gasteiger partial charge in [0.05, 0.1) is 0 Å². The fraction of sp³-hybridized carbons (Fsp3) is 0.429. The summed E-state index contributed by atoms with van der Waals surface area (Å²) in [6, 6.07) is 11.1. The molecule has 1 unspecified atom stereocenters. The first-order valence-corrected chi connectivity index (χ1v) is 5.65. The molecule has 0 aliphatic rings. The van der Waals surface area contributed by atoms with Crippen molar-refractivity contribution in [3.63, 3.8) is 0 Å². The maximum absolute atomic E-state index is 3.74. The fourth-order valence-corrected chi connectivity index (χ4v) is 1.74. The normalized spacial score (nSPS) is 12.7. The molecule has 0 radical (unpaired) electrons. The molecular weight excluding hydrogens is 182 g/mol. The van der Waals surface area contributed by atoms with Crippen LogP contribution in [0.5, 0.6) is 0 Å². The molecule has 1 atom stereocenters. The number of hydrogen-bond donors (Lipinski definition) is 1. The number of rotatable bonds is 6. The minimum atomic E-state index is 0.450. The minimum Gasteiger partial charge on any atom is -0.309 e. The SMILES string of the molecule is C=CCCNC(c1ccccc1)C(C)C. The zero-order valence-electron chi connectivity index (χ0n) is 9.74. The first-order chi connectivity index (χ1) is 7.25. The average molecular weight is 203 g/mol. The van der Waals surface area contributed by atoms with Gasteiger partial charge in [0.1, 0.15) is 0 Å². The van der Waals surface area contributed by atoms with Crippen molar-refractivity contribution in [3.05, 3.63) is 48.6 Å². The monoisotopic (exact) mass is 203 g/mol. The van der Waals surface area contributed by atoms with Crippen LogP contribution in [-0.2, 0) is 0 Å². The standard InChI is InChI=1S/C14H21N/c1-4-5-11-15-14(12(2)3)13-9-7-6-8-10-13/h4,6-10,12,14-15H,1,5,11H2,2-3H3. The van der Waals surface area contributed by atoms with Gasteiger partial charge in [0, 0.05) is 6.04 Å². The van der Waals surface area contributed by atoms with Crippen molar-refractivity contribution in [1.82, 2.24) is 5.32 Å². The van der Waals surface area contributed by atoms with Crippen LogP contribution in [-0.4, -0.2) is 6.54 Å². The summed E-state index contributed by atoms with van der Waals surface area (Å²) in [7, 11) is 0. The summed E-state index contributed by atoms with van der Waals surface area (Å²) < 4.78 is 0. The summed E-state index contributed by atoms with van der Waals surface area (Å²) in [5, 5.41) is 3.57. The van der Waals surface area contributed by atoms with E-state index in [-0.39, 0.29) is 0 Å². The molecule has 0 bridgehead atoms. The summed E-state index contributed by atoms with van der Waals surface area (Å²) in [6.45, 7) is 9.23. The highest BCUT2D eigenvalue weighted by molar-refractivity contribution is 5.19. The van der Waals surface area contributed by atoms with E-state index in [9.17, 15) is 0 Å². The Hall–Kier alpha value is -1.08. The smallest absolute Gasteiger partial charge is 0.0343 e. The van der Waals surface area contributed by atoms with E-state index >= 15 is 0 Å². The van der Waals surface area contributed by atoms with E-state index < -0.39 is 0 Å². The second-order valence-corrected chi connectivity index (χ2v) is 4.16. The Bertz CT molecular complexity index is 277. The van der Waals surface area contributed by atoms with Crippen LogP contribution >= 0.6 is 0 Å². The molecule has 1 heteroatoms. The van der Waals surface area contributed by atoms with Crippen molar-refractivity contribution in [3.8, 4) is 0 Å². The minimum absolute atomic E-state index is 0.450. The molecule has 0 aliphatic carbocycles. The highest BCUT2D eigenvalue weighted by atomic mass is 14.9. The van der Waals surface area contributed by atoms with Crippen molar-refractivity contribution in [1.29, 1.82) is 0 Å². The Morgan fingerprint density at radius 1 is 1.27 bits per heavy atom. The maximum Gasteiger partial charge on any atom is 0.0343 e. The molecule has 1 nitrogen and oxygen atoms in total. The van der Waals surface area contributed by atoms with Gasteiger partial charge in [-0.2, -0.15) is 0 Å². The molecule has 1 aromatic carbocycles. The quantitative estimate of drug-likeness (QED) is 0.550. The van der Waals surface area contributed by atoms with E-state index in [0.29, 0.717) is 12.0 Å². The molecule has 0 aliphatic heterocycles. The molecule has 0 aromatic heterocycles. The van der Waals surface area contributed by atoms with Gasteiger partial charge in [0.15, 0.2) is 0 Å². The lowest BCUT2D eigenvalue weighted by Crippen LogP contribution is -2.26. The van der Waals surface area contributed by atoms with Crippen LogP contribution in [0.1, 0.15) is 31.9 Å². The lowest BCUT2D eigenvalue weighted by Gasteiger charge is -2.22. The maximum atomic E-state index is 3.74. The van der Waals surface area contributed by atoms with Crippen molar-refractivity contribution in [2.24, 2.45) is 5.92 Å². The van der Waals surface area contributed by atoms with Gasteiger partial charge in [-0.1, -0.05) is 50.3 Å². The Kier molecular flexibility index (Phi) is 5.13. The van der Waals surface area contributed by atoms with E-state index in [0.717, 1.165) is 13.0 Å². The van der Waals surface area contributed by atoms with Gasteiger partial charge in [-0.25, -0.2) is 0 Å². The topological polar surface area (TPSA) is 12.0 Å². The molecule has 1 N–H and O–H groups in total. The van der Waals surface area contributed by atoms with Crippen LogP contribution in [0.15, 0.2) is 43.0 Å². The summed E-state index contributed by atoms with van der Waals surface area (Å²) in [5.41, 5.74) is 1.37. The lowest BCUT2D eigenvalue weighted by atomic mass is 9.96. The molecule has 0 saturated heterocycles. The third-order valence-corrected chi connectivity index (χ3v) is 2.54. The largest absolute Gasteiger partial charge is 0.309 e. The molecule has 82 valence electrons. The second-order valence-electron chi connectivity index (χ2n) is 4.16. The van der Waals surface area contributed by atoms with E-state index in [4.69, 9.17) is 0 Å². The molecular formula is C14H21N. The van der Waals surface area contributed by atoms with E-state index in [1.807, 2.05) is 6.08 Å². The third kappa shape index (κ3) is 3.88. The van der Waals surface area contributed by atoms with E-state index in [1.54, 1.807) is 0 Å². The number of benzene rings is 1. The van der Waals surface area contributed by atoms with Crippen molar-refractivity contribution >= 4 is 0 Å². The molecule has 1 rings (SSSR count). The Morgan fingerprint density at radius 2 is 1.93 bits per heavy atom. The van der Waals surface area contributed by atoms with Crippen molar-refractivity contribution in [2.75, 3.05) is 6.54 Å². The van der Waals surface area contributed by atoms with Crippen LogP contribution in [0.4, 0.5) is 0 Å². The first-order valence-electron chi connectivity index (χ1n) is 5.65. The first kappa shape index (κ1) is 12.0. The zero-order chi connectivity index (χ0) is 11.1. The van der Waals surface area contributed by atoms with Crippen LogP contribution < -0.4 is 5.32 Å². The molecule has 0 amide bonds. The highest BCUT2D eigenvalue weighted by Crippen LogP contribution is 2.20. The van der Waals surface area contributed by atoms with Gasteiger partial charge in [-0.15, -0.1) is 6.58 Å². The van der Waals surface area contributed by atoms with Gasteiger partial charge in [0.25, 0.3) is 0 Å². The number of nitrogens with one attached hydrogen (secondary N) is 1. The zero-order valence-corrected chi connectivity index (χ0v) is 9.74. The van der Waals surface area contributed by atoms with Gasteiger partial charge in [-0.05, 0) is 24.4 Å². The van der Waals surface area contributed by atoms with Gasteiger partial charge >= 0.3 is 0 Å². The predicted molar refractivity (Wildman–Crippen MR) is 66.8 cm³/mol. The van der Waals surface area contributed by atoms with Crippen LogP contribution in [0.25, 0.3) is 0 Å². The van der Waals surface area contributed by atoms with Crippen molar-refractivity contribution < 1.29 is 0 Å². The average Bonchev–Trinajstić information content (AvgIpc) is 2.25. The number of hydrogen-bond acceptors (Lipinski definition) is 1. The third-order valence-electron chi connectivity index (χ3n) is 2.54. The Labute approximate surface area is 93.2 Å². The molecule has 0 fully saturated rings. The fourth-order valence-electron chi connectivity index (χ4n) is 1.74. The Balaban J connectivity index is 2.62.